The van der Waals surface area contributed by atoms with Crippen molar-refractivity contribution in [2.24, 2.45) is 0 Å². The number of furan rings is 1. The van der Waals surface area contributed by atoms with Crippen molar-refractivity contribution in [1.82, 2.24) is 0 Å². The second-order valence-corrected chi connectivity index (χ2v) is 1.76. The summed E-state index contributed by atoms with van der Waals surface area (Å²) in [5, 5.41) is 0.597. The molecule has 0 amide bonds. The van der Waals surface area contributed by atoms with E-state index in [0.717, 1.165) is 5.56 Å². The molecule has 0 aliphatic carbocycles. The molecule has 7 heavy (non-hydrogen) atoms. The summed E-state index contributed by atoms with van der Waals surface area (Å²) < 4.78 is 4.78. The molecule has 1 heterocycles. The third-order valence-electron chi connectivity index (χ3n) is 0.815. The molecule has 0 spiro atoms. The van der Waals surface area contributed by atoms with Crippen LogP contribution < -0.4 is 0 Å². The first-order valence-electron chi connectivity index (χ1n) is 2.02. The monoisotopic (exact) mass is 113 g/mol. The first-order chi connectivity index (χ1) is 3.30. The van der Waals surface area contributed by atoms with Crippen LogP contribution in [0, 0.1) is 6.92 Å². The summed E-state index contributed by atoms with van der Waals surface area (Å²) in [4.78, 5) is 0. The zero-order chi connectivity index (χ0) is 5.28. The highest BCUT2D eigenvalue weighted by Gasteiger charge is 1.91. The summed E-state index contributed by atoms with van der Waals surface area (Å²) in [5.74, 6) is 0. The third kappa shape index (κ3) is 0.747. The normalized spacial score (nSPS) is 9.29. The van der Waals surface area contributed by atoms with Crippen LogP contribution in [0.3, 0.4) is 0 Å². The minimum absolute atomic E-state index is 0.597. The van der Waals surface area contributed by atoms with E-state index in [9.17, 15) is 0 Å². The summed E-state index contributed by atoms with van der Waals surface area (Å²) >= 11 is 4.72. The molecule has 0 N–H and O–H groups in total. The maximum Gasteiger partial charge on any atom is 0.192 e. The minimum atomic E-state index is 0.597. The van der Waals surface area contributed by atoms with Gasteiger partial charge < -0.3 is 4.42 Å². The van der Waals surface area contributed by atoms with Gasteiger partial charge >= 0.3 is 0 Å². The average molecular weight is 113 g/mol. The van der Waals surface area contributed by atoms with Crippen LogP contribution in [0.25, 0.3) is 0 Å². The van der Waals surface area contributed by atoms with Crippen LogP contribution in [0.15, 0.2) is 21.8 Å². The quantitative estimate of drug-likeness (QED) is 0.502. The Morgan fingerprint density at radius 1 is 1.71 bits per heavy atom. The largest absolute Gasteiger partial charge is 0.453 e. The van der Waals surface area contributed by atoms with Gasteiger partial charge in [-0.1, -0.05) is 0 Å². The molecule has 0 aromatic carbocycles. The predicted molar refractivity (Wildman–Crippen MR) is 29.3 cm³/mol. The highest BCUT2D eigenvalue weighted by Crippen LogP contribution is 2.11. The number of rotatable bonds is 0. The molecule has 0 bridgehead atoms. The van der Waals surface area contributed by atoms with Gasteiger partial charge in [-0.25, -0.2) is 0 Å². The van der Waals surface area contributed by atoms with Crippen LogP contribution in [-0.2, 0) is 0 Å². The van der Waals surface area contributed by atoms with Crippen molar-refractivity contribution in [3.8, 4) is 0 Å². The minimum Gasteiger partial charge on any atom is -0.453 e. The number of hydrogen-bond donors (Lipinski definition) is 0. The first-order valence-corrected chi connectivity index (χ1v) is 2.42. The van der Waals surface area contributed by atoms with Crippen molar-refractivity contribution in [3.63, 3.8) is 0 Å². The fraction of sp³-hybridized carbons (Fsp3) is 0.200. The van der Waals surface area contributed by atoms with Crippen LogP contribution in [0.4, 0.5) is 0 Å². The molecule has 0 aliphatic heterocycles. The summed E-state index contributed by atoms with van der Waals surface area (Å²) in [6.07, 6.45) is 1.59. The Labute approximate surface area is 47.7 Å². The maximum atomic E-state index is 4.78. The van der Waals surface area contributed by atoms with Crippen LogP contribution in [0.2, 0.25) is 0 Å². The summed E-state index contributed by atoms with van der Waals surface area (Å²) in [6.45, 7) is 1.92. The van der Waals surface area contributed by atoms with E-state index in [1.54, 1.807) is 6.26 Å². The zero-order valence-corrected chi connectivity index (χ0v) is 4.79. The molecule has 37 valence electrons. The SMILES string of the molecule is Cc1ccoc1[S]. The summed E-state index contributed by atoms with van der Waals surface area (Å²) in [6, 6.07) is 1.85. The van der Waals surface area contributed by atoms with E-state index in [1.165, 1.54) is 0 Å². The molecule has 1 radical (unpaired) electrons. The molecule has 0 saturated carbocycles. The van der Waals surface area contributed by atoms with Crippen molar-refractivity contribution in [3.05, 3.63) is 17.9 Å². The molecular weight excluding hydrogens is 108 g/mol. The Hall–Kier alpha value is -0.500. The molecule has 1 nitrogen and oxygen atoms in total. The van der Waals surface area contributed by atoms with E-state index in [-0.39, 0.29) is 0 Å². The van der Waals surface area contributed by atoms with Gasteiger partial charge in [0.2, 0.25) is 0 Å². The highest BCUT2D eigenvalue weighted by molar-refractivity contribution is 7.80. The van der Waals surface area contributed by atoms with E-state index in [0.29, 0.717) is 5.09 Å². The Morgan fingerprint density at radius 3 is 2.57 bits per heavy atom. The Bertz CT molecular complexity index is 140. The second kappa shape index (κ2) is 1.54. The standard InChI is InChI=1S/C5H5OS/c1-4-2-3-6-5(4)7/h2-3H,1H3. The lowest BCUT2D eigenvalue weighted by molar-refractivity contribution is 0.473. The Balaban J connectivity index is 3.12. The molecule has 1 aromatic heterocycles. The molecule has 0 fully saturated rings. The van der Waals surface area contributed by atoms with Gasteiger partial charge in [-0.15, -0.1) is 0 Å². The lowest BCUT2D eigenvalue weighted by Gasteiger charge is -1.76. The smallest absolute Gasteiger partial charge is 0.192 e. The lowest BCUT2D eigenvalue weighted by Crippen LogP contribution is -1.57. The van der Waals surface area contributed by atoms with Crippen LogP contribution >= 0.6 is 12.6 Å². The van der Waals surface area contributed by atoms with E-state index >= 15 is 0 Å². The molecule has 0 saturated heterocycles. The number of aryl methyl sites for hydroxylation is 1. The van der Waals surface area contributed by atoms with Gasteiger partial charge in [0, 0.05) is 5.56 Å². The van der Waals surface area contributed by atoms with Crippen molar-refractivity contribution in [1.29, 1.82) is 0 Å². The van der Waals surface area contributed by atoms with Crippen LogP contribution in [0.1, 0.15) is 5.56 Å². The third-order valence-corrected chi connectivity index (χ3v) is 1.23. The van der Waals surface area contributed by atoms with E-state index < -0.39 is 0 Å². The van der Waals surface area contributed by atoms with E-state index in [4.69, 9.17) is 17.0 Å². The Morgan fingerprint density at radius 2 is 2.43 bits per heavy atom. The highest BCUT2D eigenvalue weighted by atomic mass is 32.1. The molecule has 2 heteroatoms. The Kier molecular flexibility index (Phi) is 1.02. The molecular formula is C5H5OS. The van der Waals surface area contributed by atoms with E-state index in [1.807, 2.05) is 13.0 Å². The van der Waals surface area contributed by atoms with Crippen molar-refractivity contribution < 1.29 is 4.42 Å². The number of hydrogen-bond acceptors (Lipinski definition) is 1. The second-order valence-electron chi connectivity index (χ2n) is 1.39. The fourth-order valence-corrected chi connectivity index (χ4v) is 0.482. The molecule has 0 atom stereocenters. The predicted octanol–water partition coefficient (Wildman–Crippen LogP) is 2.14. The van der Waals surface area contributed by atoms with Crippen LogP contribution in [-0.4, -0.2) is 0 Å². The van der Waals surface area contributed by atoms with Crippen molar-refractivity contribution >= 4 is 12.6 Å². The molecule has 1 aromatic rings. The molecule has 1 rings (SSSR count). The molecule has 0 unspecified atom stereocenters. The average Bonchev–Trinajstić information content (AvgIpc) is 1.91. The van der Waals surface area contributed by atoms with Gasteiger partial charge in [0.15, 0.2) is 5.09 Å². The van der Waals surface area contributed by atoms with E-state index in [2.05, 4.69) is 0 Å². The topological polar surface area (TPSA) is 13.1 Å². The first kappa shape index (κ1) is 4.65. The zero-order valence-electron chi connectivity index (χ0n) is 3.97. The van der Waals surface area contributed by atoms with Crippen molar-refractivity contribution in [2.75, 3.05) is 0 Å². The van der Waals surface area contributed by atoms with Gasteiger partial charge in [-0.05, 0) is 25.6 Å². The fourth-order valence-electron chi connectivity index (χ4n) is 0.359. The van der Waals surface area contributed by atoms with Gasteiger partial charge in [-0.2, -0.15) is 0 Å². The van der Waals surface area contributed by atoms with Crippen molar-refractivity contribution in [2.45, 2.75) is 12.0 Å². The van der Waals surface area contributed by atoms with Crippen LogP contribution in [0.5, 0.6) is 0 Å². The van der Waals surface area contributed by atoms with Gasteiger partial charge in [0.1, 0.15) is 0 Å². The molecule has 0 aliphatic rings. The summed E-state index contributed by atoms with van der Waals surface area (Å²) in [7, 11) is 0. The maximum absolute atomic E-state index is 4.78. The van der Waals surface area contributed by atoms with Gasteiger partial charge in [0.05, 0.1) is 6.26 Å². The van der Waals surface area contributed by atoms with Gasteiger partial charge in [-0.3, -0.25) is 0 Å². The lowest BCUT2D eigenvalue weighted by atomic mass is 10.4. The van der Waals surface area contributed by atoms with Gasteiger partial charge in [0.25, 0.3) is 0 Å². The summed E-state index contributed by atoms with van der Waals surface area (Å²) in [5.41, 5.74) is 1.04.